The first-order chi connectivity index (χ1) is 11.5. The number of halogens is 3. The third kappa shape index (κ3) is 3.87. The predicted octanol–water partition coefficient (Wildman–Crippen LogP) is 5.63. The zero-order valence-corrected chi connectivity index (χ0v) is 14.8. The van der Waals surface area contributed by atoms with Crippen molar-refractivity contribution in [3.8, 4) is 0 Å². The van der Waals surface area contributed by atoms with Gasteiger partial charge in [-0.05, 0) is 36.8 Å². The van der Waals surface area contributed by atoms with Gasteiger partial charge in [-0.3, -0.25) is 0 Å². The fourth-order valence-corrected chi connectivity index (χ4v) is 2.48. The minimum atomic E-state index is 0.294. The first-order valence-electron chi connectivity index (χ1n) is 6.97. The van der Waals surface area contributed by atoms with Gasteiger partial charge < -0.3 is 10.6 Å². The summed E-state index contributed by atoms with van der Waals surface area (Å²) in [7, 11) is 0. The molecule has 8 heteroatoms. The normalized spacial score (nSPS) is 10.5. The lowest BCUT2D eigenvalue weighted by Gasteiger charge is -2.10. The van der Waals surface area contributed by atoms with Crippen LogP contribution in [0, 0.1) is 6.92 Å². The summed E-state index contributed by atoms with van der Waals surface area (Å²) in [5.41, 5.74) is 2.40. The lowest BCUT2D eigenvalue weighted by molar-refractivity contribution is 0.982. The molecule has 0 bridgehead atoms. The van der Waals surface area contributed by atoms with Gasteiger partial charge in [-0.1, -0.05) is 46.9 Å². The SMILES string of the molecule is Cc1ccc(Nc2cnnc(Nc3cccc(Cl)c3Cl)n2)cc1Cl. The van der Waals surface area contributed by atoms with Crippen LogP contribution in [0.2, 0.25) is 15.1 Å². The molecule has 0 aliphatic rings. The van der Waals surface area contributed by atoms with Crippen LogP contribution in [0.3, 0.4) is 0 Å². The van der Waals surface area contributed by atoms with E-state index >= 15 is 0 Å². The predicted molar refractivity (Wildman–Crippen MR) is 99.0 cm³/mol. The molecule has 2 N–H and O–H groups in total. The van der Waals surface area contributed by atoms with Crippen LogP contribution >= 0.6 is 34.8 Å². The Morgan fingerprint density at radius 2 is 1.79 bits per heavy atom. The van der Waals surface area contributed by atoms with Crippen LogP contribution in [0.1, 0.15) is 5.56 Å². The Morgan fingerprint density at radius 1 is 0.958 bits per heavy atom. The monoisotopic (exact) mass is 379 g/mol. The van der Waals surface area contributed by atoms with Crippen molar-refractivity contribution >= 4 is 57.9 Å². The number of aromatic nitrogens is 3. The maximum absolute atomic E-state index is 6.14. The van der Waals surface area contributed by atoms with E-state index in [-0.39, 0.29) is 0 Å². The van der Waals surface area contributed by atoms with Gasteiger partial charge in [0.05, 0.1) is 21.9 Å². The Bertz CT molecular complexity index is 885. The van der Waals surface area contributed by atoms with E-state index in [1.165, 1.54) is 6.20 Å². The number of aryl methyl sites for hydroxylation is 1. The molecule has 0 atom stereocenters. The minimum Gasteiger partial charge on any atom is -0.339 e. The van der Waals surface area contributed by atoms with Gasteiger partial charge in [0.1, 0.15) is 0 Å². The highest BCUT2D eigenvalue weighted by atomic mass is 35.5. The molecule has 1 heterocycles. The van der Waals surface area contributed by atoms with Crippen LogP contribution in [0.15, 0.2) is 42.6 Å². The van der Waals surface area contributed by atoms with Crippen LogP contribution in [-0.4, -0.2) is 15.2 Å². The molecule has 0 spiro atoms. The quantitative estimate of drug-likeness (QED) is 0.614. The van der Waals surface area contributed by atoms with Gasteiger partial charge in [-0.2, -0.15) is 10.1 Å². The molecule has 24 heavy (non-hydrogen) atoms. The van der Waals surface area contributed by atoms with E-state index < -0.39 is 0 Å². The molecule has 0 aliphatic carbocycles. The second-order valence-electron chi connectivity index (χ2n) is 4.98. The van der Waals surface area contributed by atoms with Crippen molar-refractivity contribution in [1.82, 2.24) is 15.2 Å². The summed E-state index contributed by atoms with van der Waals surface area (Å²) in [6.45, 7) is 1.94. The van der Waals surface area contributed by atoms with Crippen molar-refractivity contribution in [1.29, 1.82) is 0 Å². The topological polar surface area (TPSA) is 62.7 Å². The molecule has 1 aromatic heterocycles. The lowest BCUT2D eigenvalue weighted by Crippen LogP contribution is -2.02. The van der Waals surface area contributed by atoms with Crippen LogP contribution in [-0.2, 0) is 0 Å². The maximum Gasteiger partial charge on any atom is 0.249 e. The van der Waals surface area contributed by atoms with Crippen molar-refractivity contribution < 1.29 is 0 Å². The molecule has 5 nitrogen and oxygen atoms in total. The summed E-state index contributed by atoms with van der Waals surface area (Å²) < 4.78 is 0. The number of rotatable bonds is 4. The van der Waals surface area contributed by atoms with Crippen molar-refractivity contribution in [2.75, 3.05) is 10.6 Å². The second-order valence-corrected chi connectivity index (χ2v) is 6.17. The standard InChI is InChI=1S/C16H12Cl3N5/c1-9-5-6-10(7-12(9)18)21-14-8-20-24-16(23-14)22-13-4-2-3-11(17)15(13)19/h2-8H,1H3,(H2,21,22,23,24). The molecule has 3 aromatic rings. The number of anilines is 4. The largest absolute Gasteiger partial charge is 0.339 e. The van der Waals surface area contributed by atoms with Crippen LogP contribution in [0.4, 0.5) is 23.1 Å². The molecule has 0 radical (unpaired) electrons. The smallest absolute Gasteiger partial charge is 0.249 e. The lowest BCUT2D eigenvalue weighted by atomic mass is 10.2. The molecular weight excluding hydrogens is 369 g/mol. The van der Waals surface area contributed by atoms with Crippen molar-refractivity contribution in [3.63, 3.8) is 0 Å². The van der Waals surface area contributed by atoms with E-state index in [1.807, 2.05) is 25.1 Å². The average molecular weight is 381 g/mol. The summed E-state index contributed by atoms with van der Waals surface area (Å²) in [5, 5.41) is 15.5. The zero-order chi connectivity index (χ0) is 17.1. The number of hydrogen-bond donors (Lipinski definition) is 2. The molecule has 3 rings (SSSR count). The molecule has 0 amide bonds. The van der Waals surface area contributed by atoms with Gasteiger partial charge >= 0.3 is 0 Å². The summed E-state index contributed by atoms with van der Waals surface area (Å²) in [4.78, 5) is 4.35. The Labute approximate surface area is 154 Å². The Kier molecular flexibility index (Phi) is 5.04. The number of benzene rings is 2. The molecule has 0 unspecified atom stereocenters. The summed E-state index contributed by atoms with van der Waals surface area (Å²) in [6, 6.07) is 10.9. The zero-order valence-electron chi connectivity index (χ0n) is 12.5. The third-order valence-electron chi connectivity index (χ3n) is 3.20. The van der Waals surface area contributed by atoms with Gasteiger partial charge in [-0.25, -0.2) is 0 Å². The van der Waals surface area contributed by atoms with Gasteiger partial charge in [0.25, 0.3) is 0 Å². The van der Waals surface area contributed by atoms with E-state index in [9.17, 15) is 0 Å². The molecular formula is C16H12Cl3N5. The van der Waals surface area contributed by atoms with E-state index in [4.69, 9.17) is 34.8 Å². The first kappa shape index (κ1) is 16.8. The third-order valence-corrected chi connectivity index (χ3v) is 4.43. The fourth-order valence-electron chi connectivity index (χ4n) is 1.96. The molecule has 0 saturated carbocycles. The van der Waals surface area contributed by atoms with E-state index in [0.717, 1.165) is 11.3 Å². The summed E-state index contributed by atoms with van der Waals surface area (Å²) in [6.07, 6.45) is 1.51. The molecule has 0 aliphatic heterocycles. The van der Waals surface area contributed by atoms with E-state index in [1.54, 1.807) is 18.2 Å². The second kappa shape index (κ2) is 7.21. The maximum atomic E-state index is 6.14. The Morgan fingerprint density at radius 3 is 2.58 bits per heavy atom. The fraction of sp³-hybridized carbons (Fsp3) is 0.0625. The van der Waals surface area contributed by atoms with Crippen molar-refractivity contribution in [2.45, 2.75) is 6.92 Å². The Balaban J connectivity index is 1.81. The van der Waals surface area contributed by atoms with Gasteiger partial charge in [0.15, 0.2) is 5.82 Å². The highest BCUT2D eigenvalue weighted by molar-refractivity contribution is 6.43. The molecule has 0 fully saturated rings. The number of nitrogens with one attached hydrogen (secondary N) is 2. The molecule has 122 valence electrons. The van der Waals surface area contributed by atoms with E-state index in [2.05, 4.69) is 25.8 Å². The minimum absolute atomic E-state index is 0.294. The van der Waals surface area contributed by atoms with Crippen LogP contribution in [0.25, 0.3) is 0 Å². The first-order valence-corrected chi connectivity index (χ1v) is 8.10. The average Bonchev–Trinajstić information content (AvgIpc) is 2.56. The van der Waals surface area contributed by atoms with Crippen LogP contribution in [0.5, 0.6) is 0 Å². The highest BCUT2D eigenvalue weighted by Gasteiger charge is 2.07. The van der Waals surface area contributed by atoms with Crippen molar-refractivity contribution in [3.05, 3.63) is 63.2 Å². The Hall–Kier alpha value is -2.08. The summed E-state index contributed by atoms with van der Waals surface area (Å²) >= 11 is 18.3. The van der Waals surface area contributed by atoms with Gasteiger partial charge in [0.2, 0.25) is 5.95 Å². The highest BCUT2D eigenvalue weighted by Crippen LogP contribution is 2.31. The molecule has 0 saturated heterocycles. The number of hydrogen-bond acceptors (Lipinski definition) is 5. The van der Waals surface area contributed by atoms with Crippen LogP contribution < -0.4 is 10.6 Å². The summed E-state index contributed by atoms with van der Waals surface area (Å²) in [5.74, 6) is 0.813. The van der Waals surface area contributed by atoms with Crippen molar-refractivity contribution in [2.24, 2.45) is 0 Å². The number of nitrogens with zero attached hydrogens (tertiary/aromatic N) is 3. The van der Waals surface area contributed by atoms with E-state index in [0.29, 0.717) is 32.5 Å². The van der Waals surface area contributed by atoms with Gasteiger partial charge in [0, 0.05) is 10.7 Å². The van der Waals surface area contributed by atoms with Gasteiger partial charge in [-0.15, -0.1) is 5.10 Å². The molecule has 2 aromatic carbocycles.